The molecule has 0 amide bonds. The van der Waals surface area contributed by atoms with Crippen LogP contribution in [0.5, 0.6) is 5.75 Å². The van der Waals surface area contributed by atoms with Crippen LogP contribution in [0.4, 0.5) is 0 Å². The molecule has 3 nitrogen and oxygen atoms in total. The van der Waals surface area contributed by atoms with Crippen LogP contribution in [-0.4, -0.2) is 18.8 Å². The van der Waals surface area contributed by atoms with E-state index >= 15 is 0 Å². The molecule has 1 aliphatic rings. The van der Waals surface area contributed by atoms with Gasteiger partial charge in [-0.15, -0.1) is 0 Å². The van der Waals surface area contributed by atoms with Crippen molar-refractivity contribution in [2.24, 2.45) is 5.73 Å². The smallest absolute Gasteiger partial charge is 0.124 e. The molecule has 0 aromatic heterocycles. The van der Waals surface area contributed by atoms with Crippen LogP contribution in [0.15, 0.2) is 24.3 Å². The number of hydrogen-bond acceptors (Lipinski definition) is 3. The summed E-state index contributed by atoms with van der Waals surface area (Å²) in [7, 11) is 0. The van der Waals surface area contributed by atoms with Gasteiger partial charge in [-0.05, 0) is 32.3 Å². The van der Waals surface area contributed by atoms with E-state index in [0.717, 1.165) is 30.6 Å². The third kappa shape index (κ3) is 3.24. The molecule has 3 heteroatoms. The second-order valence-electron chi connectivity index (χ2n) is 5.01. The minimum atomic E-state index is 0.0459. The number of benzene rings is 1. The van der Waals surface area contributed by atoms with Crippen LogP contribution in [0, 0.1) is 0 Å². The van der Waals surface area contributed by atoms with E-state index in [-0.39, 0.29) is 12.1 Å². The summed E-state index contributed by atoms with van der Waals surface area (Å²) in [6, 6.07) is 8.07. The van der Waals surface area contributed by atoms with Crippen LogP contribution in [0.25, 0.3) is 0 Å². The van der Waals surface area contributed by atoms with Gasteiger partial charge in [0.2, 0.25) is 0 Å². The highest BCUT2D eigenvalue weighted by atomic mass is 16.5. The summed E-state index contributed by atoms with van der Waals surface area (Å²) in [5.41, 5.74) is 7.18. The van der Waals surface area contributed by atoms with Crippen LogP contribution in [0.3, 0.4) is 0 Å². The summed E-state index contributed by atoms with van der Waals surface area (Å²) >= 11 is 0. The van der Waals surface area contributed by atoms with Crippen LogP contribution < -0.4 is 10.5 Å². The van der Waals surface area contributed by atoms with E-state index < -0.39 is 0 Å². The lowest BCUT2D eigenvalue weighted by Crippen LogP contribution is -2.19. The van der Waals surface area contributed by atoms with Gasteiger partial charge in [0, 0.05) is 11.6 Å². The van der Waals surface area contributed by atoms with Gasteiger partial charge >= 0.3 is 0 Å². The SMILES string of the molecule is CC[C@H](N)c1ccccc1OCC1CCC(C)O1. The molecule has 1 aliphatic heterocycles. The normalized spacial score (nSPS) is 25.1. The van der Waals surface area contributed by atoms with E-state index in [4.69, 9.17) is 15.2 Å². The number of para-hydroxylation sites is 1. The fourth-order valence-electron chi connectivity index (χ4n) is 2.33. The molecule has 0 spiro atoms. The van der Waals surface area contributed by atoms with Crippen molar-refractivity contribution < 1.29 is 9.47 Å². The van der Waals surface area contributed by atoms with Gasteiger partial charge in [-0.1, -0.05) is 25.1 Å². The Bertz CT molecular complexity index is 381. The van der Waals surface area contributed by atoms with Crippen LogP contribution in [0.2, 0.25) is 0 Å². The van der Waals surface area contributed by atoms with Gasteiger partial charge < -0.3 is 15.2 Å². The first-order valence-electron chi connectivity index (χ1n) is 6.83. The Kier molecular flexibility index (Phi) is 4.61. The molecule has 1 heterocycles. The zero-order valence-corrected chi connectivity index (χ0v) is 11.3. The first-order valence-corrected chi connectivity index (χ1v) is 6.83. The maximum Gasteiger partial charge on any atom is 0.124 e. The lowest BCUT2D eigenvalue weighted by atomic mass is 10.0. The van der Waals surface area contributed by atoms with Crippen molar-refractivity contribution in [2.45, 2.75) is 51.4 Å². The standard InChI is InChI=1S/C15H23NO2/c1-3-14(16)13-6-4-5-7-15(13)17-10-12-9-8-11(2)18-12/h4-7,11-12,14H,3,8-10,16H2,1-2H3/t11?,12?,14-/m0/s1. The molecular formula is C15H23NO2. The highest BCUT2D eigenvalue weighted by Gasteiger charge is 2.22. The monoisotopic (exact) mass is 249 g/mol. The summed E-state index contributed by atoms with van der Waals surface area (Å²) in [6.45, 7) is 4.82. The summed E-state index contributed by atoms with van der Waals surface area (Å²) in [4.78, 5) is 0. The minimum absolute atomic E-state index is 0.0459. The number of ether oxygens (including phenoxy) is 2. The van der Waals surface area contributed by atoms with Gasteiger partial charge in [-0.2, -0.15) is 0 Å². The van der Waals surface area contributed by atoms with E-state index in [1.54, 1.807) is 0 Å². The molecule has 0 aliphatic carbocycles. The lowest BCUT2D eigenvalue weighted by Gasteiger charge is -2.18. The van der Waals surface area contributed by atoms with Crippen molar-refractivity contribution in [2.75, 3.05) is 6.61 Å². The van der Waals surface area contributed by atoms with E-state index in [2.05, 4.69) is 13.8 Å². The predicted octanol–water partition coefficient (Wildman–Crippen LogP) is 3.04. The van der Waals surface area contributed by atoms with Gasteiger partial charge in [0.05, 0.1) is 12.2 Å². The third-order valence-corrected chi connectivity index (χ3v) is 3.50. The molecule has 2 rings (SSSR count). The van der Waals surface area contributed by atoms with Crippen LogP contribution >= 0.6 is 0 Å². The molecule has 100 valence electrons. The second-order valence-corrected chi connectivity index (χ2v) is 5.01. The van der Waals surface area contributed by atoms with E-state index in [0.29, 0.717) is 12.7 Å². The maximum atomic E-state index is 6.09. The highest BCUT2D eigenvalue weighted by molar-refractivity contribution is 5.35. The molecule has 0 radical (unpaired) electrons. The average Bonchev–Trinajstić information content (AvgIpc) is 2.81. The molecule has 1 aromatic rings. The van der Waals surface area contributed by atoms with Crippen molar-refractivity contribution in [3.8, 4) is 5.75 Å². The van der Waals surface area contributed by atoms with Crippen molar-refractivity contribution in [3.05, 3.63) is 29.8 Å². The Balaban J connectivity index is 1.96. The molecule has 2 unspecified atom stereocenters. The summed E-state index contributed by atoms with van der Waals surface area (Å²) in [5.74, 6) is 0.898. The van der Waals surface area contributed by atoms with Gasteiger partial charge in [-0.25, -0.2) is 0 Å². The molecular weight excluding hydrogens is 226 g/mol. The summed E-state index contributed by atoms with van der Waals surface area (Å²) < 4.78 is 11.6. The molecule has 3 atom stereocenters. The van der Waals surface area contributed by atoms with Crippen molar-refractivity contribution in [3.63, 3.8) is 0 Å². The van der Waals surface area contributed by atoms with Crippen LogP contribution in [0.1, 0.15) is 44.7 Å². The van der Waals surface area contributed by atoms with Gasteiger partial charge in [0.15, 0.2) is 0 Å². The topological polar surface area (TPSA) is 44.5 Å². The largest absolute Gasteiger partial charge is 0.491 e. The second kappa shape index (κ2) is 6.21. The first kappa shape index (κ1) is 13.4. The number of nitrogens with two attached hydrogens (primary N) is 1. The predicted molar refractivity (Wildman–Crippen MR) is 72.7 cm³/mol. The van der Waals surface area contributed by atoms with Crippen LogP contribution in [-0.2, 0) is 4.74 Å². The fourth-order valence-corrected chi connectivity index (χ4v) is 2.33. The van der Waals surface area contributed by atoms with Gasteiger partial charge in [-0.3, -0.25) is 0 Å². The average molecular weight is 249 g/mol. The van der Waals surface area contributed by atoms with Gasteiger partial charge in [0.1, 0.15) is 12.4 Å². The Morgan fingerprint density at radius 1 is 1.39 bits per heavy atom. The summed E-state index contributed by atoms with van der Waals surface area (Å²) in [5, 5.41) is 0. The highest BCUT2D eigenvalue weighted by Crippen LogP contribution is 2.27. The summed E-state index contributed by atoms with van der Waals surface area (Å²) in [6.07, 6.45) is 3.72. The van der Waals surface area contributed by atoms with Crippen molar-refractivity contribution in [1.82, 2.24) is 0 Å². The van der Waals surface area contributed by atoms with E-state index in [9.17, 15) is 0 Å². The molecule has 0 bridgehead atoms. The molecule has 1 saturated heterocycles. The zero-order valence-electron chi connectivity index (χ0n) is 11.3. The molecule has 1 aromatic carbocycles. The zero-order chi connectivity index (χ0) is 13.0. The fraction of sp³-hybridized carbons (Fsp3) is 0.600. The van der Waals surface area contributed by atoms with Gasteiger partial charge in [0.25, 0.3) is 0 Å². The minimum Gasteiger partial charge on any atom is -0.491 e. The lowest BCUT2D eigenvalue weighted by molar-refractivity contribution is 0.0262. The van der Waals surface area contributed by atoms with E-state index in [1.807, 2.05) is 24.3 Å². The maximum absolute atomic E-state index is 6.09. The quantitative estimate of drug-likeness (QED) is 0.872. The Morgan fingerprint density at radius 3 is 2.83 bits per heavy atom. The van der Waals surface area contributed by atoms with Crippen molar-refractivity contribution in [1.29, 1.82) is 0 Å². The Hall–Kier alpha value is -1.06. The molecule has 0 saturated carbocycles. The number of rotatable bonds is 5. The molecule has 18 heavy (non-hydrogen) atoms. The van der Waals surface area contributed by atoms with E-state index in [1.165, 1.54) is 0 Å². The number of hydrogen-bond donors (Lipinski definition) is 1. The van der Waals surface area contributed by atoms with Crippen molar-refractivity contribution >= 4 is 0 Å². The third-order valence-electron chi connectivity index (χ3n) is 3.50. The Morgan fingerprint density at radius 2 is 2.17 bits per heavy atom. The molecule has 1 fully saturated rings. The molecule has 2 N–H and O–H groups in total. The Labute approximate surface area is 109 Å². The first-order chi connectivity index (χ1) is 8.70.